The van der Waals surface area contributed by atoms with Crippen LogP contribution in [0, 0.1) is 5.82 Å². The van der Waals surface area contributed by atoms with Gasteiger partial charge in [0.05, 0.1) is 18.0 Å². The third-order valence-electron chi connectivity index (χ3n) is 6.14. The van der Waals surface area contributed by atoms with Crippen LogP contribution in [0.15, 0.2) is 43.2 Å². The molecule has 3 heterocycles. The average Bonchev–Trinajstić information content (AvgIpc) is 3.51. The van der Waals surface area contributed by atoms with Crippen LogP contribution in [0.5, 0.6) is 5.75 Å². The molecule has 32 heavy (non-hydrogen) atoms. The van der Waals surface area contributed by atoms with Crippen LogP contribution in [0.3, 0.4) is 0 Å². The van der Waals surface area contributed by atoms with E-state index in [9.17, 15) is 9.18 Å². The molecule has 1 aliphatic heterocycles. The van der Waals surface area contributed by atoms with Gasteiger partial charge >= 0.3 is 0 Å². The van der Waals surface area contributed by atoms with Gasteiger partial charge in [-0.15, -0.1) is 0 Å². The first-order valence-corrected chi connectivity index (χ1v) is 10.7. The number of aromatic amines is 1. The van der Waals surface area contributed by atoms with Crippen molar-refractivity contribution in [2.75, 3.05) is 5.32 Å². The summed E-state index contributed by atoms with van der Waals surface area (Å²) in [6, 6.07) is 7.03. The van der Waals surface area contributed by atoms with Crippen LogP contribution >= 0.6 is 0 Å². The van der Waals surface area contributed by atoms with E-state index < -0.39 is 5.82 Å². The molecule has 2 aliphatic rings. The molecule has 7 nitrogen and oxygen atoms in total. The summed E-state index contributed by atoms with van der Waals surface area (Å²) >= 11 is 0. The number of H-pyrrole nitrogens is 1. The van der Waals surface area contributed by atoms with E-state index in [-0.39, 0.29) is 24.5 Å². The zero-order valence-electron chi connectivity index (χ0n) is 17.7. The zero-order valence-corrected chi connectivity index (χ0v) is 17.7. The van der Waals surface area contributed by atoms with Crippen molar-refractivity contribution in [1.82, 2.24) is 20.5 Å². The first kappa shape index (κ1) is 20.2. The van der Waals surface area contributed by atoms with E-state index >= 15 is 0 Å². The molecule has 0 bridgehead atoms. The number of nitrogens with one attached hydrogen (secondary N) is 3. The number of carbonyl (C=O) groups excluding carboxylic acids is 1. The molecule has 0 radical (unpaired) electrons. The summed E-state index contributed by atoms with van der Waals surface area (Å²) in [7, 11) is 0. The number of ether oxygens (including phenoxy) is 1. The molecule has 1 amide bonds. The summed E-state index contributed by atoms with van der Waals surface area (Å²) < 4.78 is 21.0. The molecule has 1 fully saturated rings. The highest BCUT2D eigenvalue weighted by Gasteiger charge is 2.30. The number of amides is 1. The van der Waals surface area contributed by atoms with Gasteiger partial charge in [-0.2, -0.15) is 5.10 Å². The van der Waals surface area contributed by atoms with Gasteiger partial charge in [-0.05, 0) is 50.0 Å². The number of halogens is 1. The van der Waals surface area contributed by atoms with E-state index in [2.05, 4.69) is 32.4 Å². The predicted molar refractivity (Wildman–Crippen MR) is 119 cm³/mol. The van der Waals surface area contributed by atoms with Crippen molar-refractivity contribution < 1.29 is 13.9 Å². The molecule has 2 aromatic heterocycles. The van der Waals surface area contributed by atoms with E-state index in [1.807, 2.05) is 19.1 Å². The molecular formula is C24H24FN5O2. The smallest absolute Gasteiger partial charge is 0.252 e. The predicted octanol–water partition coefficient (Wildman–Crippen LogP) is 4.68. The summed E-state index contributed by atoms with van der Waals surface area (Å²) in [4.78, 5) is 15.9. The van der Waals surface area contributed by atoms with Gasteiger partial charge in [-0.3, -0.25) is 14.9 Å². The topological polar surface area (TPSA) is 91.9 Å². The Morgan fingerprint density at radius 3 is 3.03 bits per heavy atom. The van der Waals surface area contributed by atoms with Crippen molar-refractivity contribution in [2.45, 2.75) is 44.8 Å². The minimum absolute atomic E-state index is 0.0844. The Kier molecular flexibility index (Phi) is 5.13. The molecule has 3 aromatic rings. The summed E-state index contributed by atoms with van der Waals surface area (Å²) in [5, 5.41) is 13.0. The lowest BCUT2D eigenvalue weighted by Gasteiger charge is -2.16. The van der Waals surface area contributed by atoms with Crippen LogP contribution in [0.4, 0.5) is 15.9 Å². The maximum absolute atomic E-state index is 14.8. The lowest BCUT2D eigenvalue weighted by Crippen LogP contribution is -2.13. The molecule has 8 heteroatoms. The molecule has 0 saturated heterocycles. The van der Waals surface area contributed by atoms with Crippen molar-refractivity contribution in [2.24, 2.45) is 0 Å². The van der Waals surface area contributed by atoms with Gasteiger partial charge in [0.2, 0.25) is 0 Å². The first-order valence-electron chi connectivity index (χ1n) is 10.7. The van der Waals surface area contributed by atoms with Crippen LogP contribution in [-0.4, -0.2) is 27.2 Å². The highest BCUT2D eigenvalue weighted by molar-refractivity contribution is 5.98. The van der Waals surface area contributed by atoms with E-state index in [4.69, 9.17) is 4.74 Å². The molecule has 1 saturated carbocycles. The van der Waals surface area contributed by atoms with E-state index in [1.165, 1.54) is 0 Å². The highest BCUT2D eigenvalue weighted by Crippen LogP contribution is 2.38. The van der Waals surface area contributed by atoms with E-state index in [0.29, 0.717) is 22.6 Å². The number of allylic oxidation sites excluding steroid dienone is 1. The van der Waals surface area contributed by atoms with Crippen molar-refractivity contribution >= 4 is 23.0 Å². The number of hydrogen-bond acceptors (Lipinski definition) is 5. The monoisotopic (exact) mass is 433 g/mol. The standard InChI is InChI=1S/C24H24FN5O2/c1-13(2)16-7-8-26-12-21(16)32-15-4-3-14(9-15)20-10-22(30-29-20)28-19-6-5-17-18(23(19)25)11-27-24(17)31/h5-8,10,12,14-15H,1,3-4,9,11H2,2H3,(H,27,31)(H2,28,29,30). The van der Waals surface area contributed by atoms with Crippen LogP contribution in [-0.2, 0) is 6.54 Å². The average molecular weight is 433 g/mol. The lowest BCUT2D eigenvalue weighted by molar-refractivity contribution is 0.0965. The van der Waals surface area contributed by atoms with Crippen LogP contribution < -0.4 is 15.4 Å². The molecule has 5 rings (SSSR count). The molecule has 0 spiro atoms. The Hall–Kier alpha value is -3.68. The Balaban J connectivity index is 1.25. The number of hydrogen-bond donors (Lipinski definition) is 3. The summed E-state index contributed by atoms with van der Waals surface area (Å²) in [5.41, 5.74) is 3.98. The van der Waals surface area contributed by atoms with Crippen LogP contribution in [0.1, 0.15) is 59.3 Å². The van der Waals surface area contributed by atoms with Gasteiger partial charge in [0.1, 0.15) is 5.75 Å². The Morgan fingerprint density at radius 1 is 1.31 bits per heavy atom. The Morgan fingerprint density at radius 2 is 2.19 bits per heavy atom. The number of anilines is 2. The van der Waals surface area contributed by atoms with Gasteiger partial charge in [-0.25, -0.2) is 4.39 Å². The zero-order chi connectivity index (χ0) is 22.2. The number of benzene rings is 1. The number of rotatable bonds is 6. The van der Waals surface area contributed by atoms with Gasteiger partial charge in [0.25, 0.3) is 5.91 Å². The number of pyridine rings is 1. The molecule has 1 aliphatic carbocycles. The van der Waals surface area contributed by atoms with Crippen molar-refractivity contribution in [1.29, 1.82) is 0 Å². The SMILES string of the molecule is C=C(C)c1ccncc1OC1CCC(c2cc(Nc3ccc4c(c3F)CNC4=O)n[nH]2)C1. The third kappa shape index (κ3) is 3.72. The summed E-state index contributed by atoms with van der Waals surface area (Å²) in [5.74, 6) is 0.909. The highest BCUT2D eigenvalue weighted by atomic mass is 19.1. The van der Waals surface area contributed by atoms with Gasteiger partial charge < -0.3 is 15.4 Å². The van der Waals surface area contributed by atoms with Crippen molar-refractivity contribution in [3.8, 4) is 5.75 Å². The number of fused-ring (bicyclic) bond motifs is 1. The fraction of sp³-hybridized carbons (Fsp3) is 0.292. The van der Waals surface area contributed by atoms with Gasteiger partial charge in [0.15, 0.2) is 11.6 Å². The number of aromatic nitrogens is 3. The summed E-state index contributed by atoms with van der Waals surface area (Å²) in [6.07, 6.45) is 6.32. The van der Waals surface area contributed by atoms with Crippen LogP contribution in [0.2, 0.25) is 0 Å². The third-order valence-corrected chi connectivity index (χ3v) is 6.14. The van der Waals surface area contributed by atoms with Crippen molar-refractivity contribution in [3.05, 3.63) is 71.4 Å². The molecular weight excluding hydrogens is 409 g/mol. The molecule has 164 valence electrons. The van der Waals surface area contributed by atoms with Crippen molar-refractivity contribution in [3.63, 3.8) is 0 Å². The minimum Gasteiger partial charge on any atom is -0.488 e. The Bertz CT molecular complexity index is 1200. The quantitative estimate of drug-likeness (QED) is 0.525. The fourth-order valence-electron chi connectivity index (χ4n) is 4.45. The molecule has 2 unspecified atom stereocenters. The molecule has 1 aromatic carbocycles. The second kappa shape index (κ2) is 8.11. The number of nitrogens with zero attached hydrogens (tertiary/aromatic N) is 2. The molecule has 3 N–H and O–H groups in total. The van der Waals surface area contributed by atoms with E-state index in [0.717, 1.165) is 41.8 Å². The summed E-state index contributed by atoms with van der Waals surface area (Å²) in [6.45, 7) is 6.17. The number of carbonyl (C=O) groups is 1. The maximum Gasteiger partial charge on any atom is 0.252 e. The second-order valence-electron chi connectivity index (χ2n) is 8.37. The molecule has 2 atom stereocenters. The largest absolute Gasteiger partial charge is 0.488 e. The minimum atomic E-state index is -0.426. The normalized spacial score (nSPS) is 19.5. The van der Waals surface area contributed by atoms with E-state index in [1.54, 1.807) is 24.5 Å². The second-order valence-corrected chi connectivity index (χ2v) is 8.37. The maximum atomic E-state index is 14.8. The van der Waals surface area contributed by atoms with Gasteiger partial charge in [-0.1, -0.05) is 6.58 Å². The van der Waals surface area contributed by atoms with Crippen LogP contribution in [0.25, 0.3) is 5.57 Å². The van der Waals surface area contributed by atoms with Gasteiger partial charge in [0, 0.05) is 47.1 Å². The Labute approximate surface area is 185 Å². The fourth-order valence-corrected chi connectivity index (χ4v) is 4.45. The lowest BCUT2D eigenvalue weighted by atomic mass is 10.0. The first-order chi connectivity index (χ1) is 15.5.